The topological polar surface area (TPSA) is 63.9 Å². The Kier molecular flexibility index (Phi) is 5.80. The first-order chi connectivity index (χ1) is 13.3. The fourth-order valence-corrected chi connectivity index (χ4v) is 4.48. The van der Waals surface area contributed by atoms with Crippen LogP contribution in [0, 0.1) is 11.8 Å². The molecule has 0 spiro atoms. The van der Waals surface area contributed by atoms with Gasteiger partial charge in [0.25, 0.3) is 0 Å². The van der Waals surface area contributed by atoms with E-state index in [1.54, 1.807) is 6.20 Å². The molecule has 6 heteroatoms. The first-order valence-electron chi connectivity index (χ1n) is 10.4. The number of rotatable bonds is 4. The predicted octanol–water partition coefficient (Wildman–Crippen LogP) is 3.55. The summed E-state index contributed by atoms with van der Waals surface area (Å²) in [6, 6.07) is 5.80. The summed E-state index contributed by atoms with van der Waals surface area (Å²) in [7, 11) is 0. The van der Waals surface area contributed by atoms with Crippen molar-refractivity contribution in [3.63, 3.8) is 0 Å². The molecule has 3 heterocycles. The van der Waals surface area contributed by atoms with E-state index in [1.807, 2.05) is 29.1 Å². The zero-order valence-electron chi connectivity index (χ0n) is 16.0. The van der Waals surface area contributed by atoms with Gasteiger partial charge >= 0.3 is 0 Å². The number of likely N-dealkylation sites (tertiary alicyclic amines) is 1. The van der Waals surface area contributed by atoms with Crippen molar-refractivity contribution in [1.82, 2.24) is 24.9 Å². The van der Waals surface area contributed by atoms with E-state index in [-0.39, 0.29) is 5.92 Å². The lowest BCUT2D eigenvalue weighted by Gasteiger charge is -2.34. The fourth-order valence-electron chi connectivity index (χ4n) is 4.48. The van der Waals surface area contributed by atoms with Crippen LogP contribution in [0.3, 0.4) is 0 Å². The van der Waals surface area contributed by atoms with Gasteiger partial charge in [0, 0.05) is 31.7 Å². The van der Waals surface area contributed by atoms with Crippen molar-refractivity contribution in [1.29, 1.82) is 0 Å². The highest BCUT2D eigenvalue weighted by Gasteiger charge is 2.29. The van der Waals surface area contributed by atoms with Crippen LogP contribution in [-0.4, -0.2) is 43.9 Å². The van der Waals surface area contributed by atoms with Crippen molar-refractivity contribution < 1.29 is 4.79 Å². The number of carbonyl (C=O) groups excluding carboxylic acids is 1. The van der Waals surface area contributed by atoms with E-state index in [0.29, 0.717) is 11.8 Å². The van der Waals surface area contributed by atoms with Crippen LogP contribution in [0.5, 0.6) is 0 Å². The van der Waals surface area contributed by atoms with Gasteiger partial charge in [-0.1, -0.05) is 37.0 Å². The van der Waals surface area contributed by atoms with Crippen LogP contribution in [0.2, 0.25) is 0 Å². The van der Waals surface area contributed by atoms with Gasteiger partial charge in [0.15, 0.2) is 0 Å². The third-order valence-corrected chi connectivity index (χ3v) is 5.95. The molecule has 27 heavy (non-hydrogen) atoms. The maximum absolute atomic E-state index is 13.0. The second-order valence-corrected chi connectivity index (χ2v) is 8.02. The summed E-state index contributed by atoms with van der Waals surface area (Å²) in [5.74, 6) is 1.11. The molecule has 1 aliphatic carbocycles. The van der Waals surface area contributed by atoms with Crippen molar-refractivity contribution in [2.75, 3.05) is 13.1 Å². The van der Waals surface area contributed by atoms with Crippen molar-refractivity contribution >= 4 is 5.91 Å². The average Bonchev–Trinajstić information content (AvgIpc) is 3.00. The first-order valence-corrected chi connectivity index (χ1v) is 10.4. The summed E-state index contributed by atoms with van der Waals surface area (Å²) in [6.07, 6.45) is 13.1. The van der Waals surface area contributed by atoms with Gasteiger partial charge in [-0.05, 0) is 43.7 Å². The minimum Gasteiger partial charge on any atom is -0.342 e. The highest BCUT2D eigenvalue weighted by atomic mass is 16.2. The van der Waals surface area contributed by atoms with Gasteiger partial charge in [-0.15, -0.1) is 5.10 Å². The van der Waals surface area contributed by atoms with Gasteiger partial charge in [0.2, 0.25) is 5.91 Å². The molecule has 0 radical (unpaired) electrons. The molecule has 2 aromatic heterocycles. The quantitative estimate of drug-likeness (QED) is 0.775. The molecule has 1 atom stereocenters. The second kappa shape index (κ2) is 8.63. The smallest absolute Gasteiger partial charge is 0.225 e. The van der Waals surface area contributed by atoms with E-state index in [4.69, 9.17) is 0 Å². The molecule has 1 aliphatic heterocycles. The maximum atomic E-state index is 13.0. The van der Waals surface area contributed by atoms with Crippen molar-refractivity contribution in [2.24, 2.45) is 11.8 Å². The Morgan fingerprint density at radius 2 is 1.89 bits per heavy atom. The monoisotopic (exact) mass is 367 g/mol. The van der Waals surface area contributed by atoms with Crippen LogP contribution in [0.4, 0.5) is 0 Å². The molecular weight excluding hydrogens is 338 g/mol. The summed E-state index contributed by atoms with van der Waals surface area (Å²) < 4.78 is 1.91. The number of amides is 1. The molecule has 2 fully saturated rings. The predicted molar refractivity (Wildman–Crippen MR) is 104 cm³/mol. The lowest BCUT2D eigenvalue weighted by Crippen LogP contribution is -2.44. The molecule has 4 rings (SSSR count). The molecule has 0 unspecified atom stereocenters. The highest BCUT2D eigenvalue weighted by molar-refractivity contribution is 5.79. The Balaban J connectivity index is 1.36. The first kappa shape index (κ1) is 18.1. The van der Waals surface area contributed by atoms with Crippen LogP contribution >= 0.6 is 0 Å². The van der Waals surface area contributed by atoms with E-state index in [1.165, 1.54) is 25.7 Å². The van der Waals surface area contributed by atoms with Gasteiger partial charge in [0.1, 0.15) is 5.69 Å². The number of piperidine rings is 1. The Labute approximate surface area is 161 Å². The largest absolute Gasteiger partial charge is 0.342 e. The van der Waals surface area contributed by atoms with Crippen LogP contribution in [-0.2, 0) is 11.3 Å². The summed E-state index contributed by atoms with van der Waals surface area (Å²) in [6.45, 7) is 2.59. The molecule has 2 aromatic rings. The Bertz CT molecular complexity index is 736. The van der Waals surface area contributed by atoms with Crippen LogP contribution in [0.25, 0.3) is 11.4 Å². The minimum atomic E-state index is 0.258. The average molecular weight is 367 g/mol. The van der Waals surface area contributed by atoms with Crippen LogP contribution in [0.1, 0.15) is 51.4 Å². The highest BCUT2D eigenvalue weighted by Crippen LogP contribution is 2.27. The number of carbonyl (C=O) groups is 1. The van der Waals surface area contributed by atoms with Gasteiger partial charge in [-0.2, -0.15) is 0 Å². The molecule has 2 aliphatic rings. The number of hydrogen-bond acceptors (Lipinski definition) is 4. The zero-order valence-corrected chi connectivity index (χ0v) is 16.0. The van der Waals surface area contributed by atoms with Crippen molar-refractivity contribution in [3.05, 3.63) is 30.6 Å². The SMILES string of the molecule is O=C(C1CCCCCC1)N1CCC[C@@H](Cn2cc(-c3ccccn3)nn2)C1. The number of hydrogen-bond donors (Lipinski definition) is 0. The van der Waals surface area contributed by atoms with Gasteiger partial charge in [-0.25, -0.2) is 0 Å². The number of aromatic nitrogens is 4. The molecular formula is C21H29N5O. The molecule has 1 amide bonds. The Morgan fingerprint density at radius 3 is 2.67 bits per heavy atom. The zero-order chi connectivity index (χ0) is 18.5. The number of nitrogens with zero attached hydrogens (tertiary/aromatic N) is 5. The summed E-state index contributed by atoms with van der Waals surface area (Å²) >= 11 is 0. The molecule has 1 saturated heterocycles. The van der Waals surface area contributed by atoms with Crippen LogP contribution in [0.15, 0.2) is 30.6 Å². The molecule has 0 bridgehead atoms. The van der Waals surface area contributed by atoms with Crippen LogP contribution < -0.4 is 0 Å². The molecule has 0 aromatic carbocycles. The molecule has 1 saturated carbocycles. The third kappa shape index (κ3) is 4.54. The van der Waals surface area contributed by atoms with E-state index in [0.717, 1.165) is 56.7 Å². The molecule has 6 nitrogen and oxygen atoms in total. The summed E-state index contributed by atoms with van der Waals surface area (Å²) in [5.41, 5.74) is 1.65. The Hall–Kier alpha value is -2.24. The second-order valence-electron chi connectivity index (χ2n) is 8.02. The normalized spacial score (nSPS) is 21.8. The number of pyridine rings is 1. The van der Waals surface area contributed by atoms with E-state index >= 15 is 0 Å². The van der Waals surface area contributed by atoms with Gasteiger partial charge in [0.05, 0.1) is 11.9 Å². The Morgan fingerprint density at radius 1 is 1.04 bits per heavy atom. The van der Waals surface area contributed by atoms with E-state index in [9.17, 15) is 4.79 Å². The standard InChI is InChI=1S/C21H29N5O/c27-21(18-9-3-1-2-4-10-18)25-13-7-8-17(14-25)15-26-16-20(23-24-26)19-11-5-6-12-22-19/h5-6,11-12,16-18H,1-4,7-10,13-15H2/t17-/m1/s1. The third-order valence-electron chi connectivity index (χ3n) is 5.95. The summed E-state index contributed by atoms with van der Waals surface area (Å²) in [5, 5.41) is 8.54. The molecule has 0 N–H and O–H groups in total. The summed E-state index contributed by atoms with van der Waals surface area (Å²) in [4.78, 5) is 19.4. The van der Waals surface area contributed by atoms with Crippen molar-refractivity contribution in [3.8, 4) is 11.4 Å². The lowest BCUT2D eigenvalue weighted by atomic mass is 9.94. The van der Waals surface area contributed by atoms with E-state index < -0.39 is 0 Å². The van der Waals surface area contributed by atoms with Crippen molar-refractivity contribution in [2.45, 2.75) is 57.9 Å². The fraction of sp³-hybridized carbons (Fsp3) is 0.619. The minimum absolute atomic E-state index is 0.258. The molecule has 144 valence electrons. The lowest BCUT2D eigenvalue weighted by molar-refractivity contribution is -0.138. The van der Waals surface area contributed by atoms with Gasteiger partial charge < -0.3 is 4.90 Å². The van der Waals surface area contributed by atoms with E-state index in [2.05, 4.69) is 20.2 Å². The maximum Gasteiger partial charge on any atom is 0.225 e. The van der Waals surface area contributed by atoms with Gasteiger partial charge in [-0.3, -0.25) is 14.5 Å².